The van der Waals surface area contributed by atoms with Gasteiger partial charge in [-0.05, 0) is 31.0 Å². The number of carboxylic acid groups (broad SMARTS) is 2. The smallest absolute Gasteiger partial charge is 0.322 e. The van der Waals surface area contributed by atoms with Crippen molar-refractivity contribution in [2.24, 2.45) is 0 Å². The number of amides is 3. The van der Waals surface area contributed by atoms with Gasteiger partial charge in [-0.25, -0.2) is 0 Å². The highest BCUT2D eigenvalue weighted by Gasteiger charge is 2.31. The number of aliphatic carboxylic acids is 2. The van der Waals surface area contributed by atoms with Gasteiger partial charge in [0.2, 0.25) is 17.7 Å². The molecule has 0 radical (unpaired) electrons. The molecule has 3 unspecified atom stereocenters. The Morgan fingerprint density at radius 1 is 1.00 bits per heavy atom. The fourth-order valence-electron chi connectivity index (χ4n) is 3.85. The zero-order chi connectivity index (χ0) is 24.7. The Bertz CT molecular complexity index is 1080. The number of hydrogen-bond donors (Lipinski definition) is 7. The number of nitrogens with one attached hydrogen (secondary N) is 5. The molecule has 0 aliphatic carbocycles. The van der Waals surface area contributed by atoms with Crippen LogP contribution >= 0.6 is 0 Å². The lowest BCUT2D eigenvalue weighted by Crippen LogP contribution is -2.57. The minimum Gasteiger partial charge on any atom is -0.481 e. The van der Waals surface area contributed by atoms with Crippen molar-refractivity contribution < 1.29 is 34.2 Å². The summed E-state index contributed by atoms with van der Waals surface area (Å²) in [5.74, 6) is -4.76. The van der Waals surface area contributed by atoms with E-state index in [2.05, 4.69) is 26.3 Å². The van der Waals surface area contributed by atoms with E-state index >= 15 is 0 Å². The predicted octanol–water partition coefficient (Wildman–Crippen LogP) is -0.892. The molecule has 1 saturated heterocycles. The maximum absolute atomic E-state index is 13.1. The highest BCUT2D eigenvalue weighted by molar-refractivity contribution is 5.95. The molecule has 2 aromatic rings. The molecule has 0 saturated carbocycles. The number of carbonyl (C=O) groups is 5. The zero-order valence-electron chi connectivity index (χ0n) is 18.3. The van der Waals surface area contributed by atoms with Crippen LogP contribution in [0.25, 0.3) is 10.9 Å². The molecule has 7 N–H and O–H groups in total. The third kappa shape index (κ3) is 6.54. The van der Waals surface area contributed by atoms with E-state index in [1.807, 2.05) is 24.3 Å². The van der Waals surface area contributed by atoms with E-state index in [0.717, 1.165) is 22.9 Å². The van der Waals surface area contributed by atoms with E-state index in [1.54, 1.807) is 6.20 Å². The maximum atomic E-state index is 13.1. The Kier molecular flexibility index (Phi) is 8.19. The van der Waals surface area contributed by atoms with Crippen LogP contribution in [0.4, 0.5) is 0 Å². The summed E-state index contributed by atoms with van der Waals surface area (Å²) >= 11 is 0. The third-order valence-corrected chi connectivity index (χ3v) is 5.53. The molecule has 1 aromatic carbocycles. The highest BCUT2D eigenvalue weighted by Crippen LogP contribution is 2.19. The molecule has 0 spiro atoms. The van der Waals surface area contributed by atoms with Crippen molar-refractivity contribution in [3.63, 3.8) is 0 Å². The Labute approximate surface area is 194 Å². The summed E-state index contributed by atoms with van der Waals surface area (Å²) in [6.07, 6.45) is 2.49. The van der Waals surface area contributed by atoms with Gasteiger partial charge in [-0.1, -0.05) is 18.2 Å². The van der Waals surface area contributed by atoms with Crippen LogP contribution in [0.1, 0.15) is 24.8 Å². The fraction of sp³-hybridized carbons (Fsp3) is 0.409. The molecular weight excluding hydrogens is 446 g/mol. The van der Waals surface area contributed by atoms with Gasteiger partial charge in [0.15, 0.2) is 0 Å². The van der Waals surface area contributed by atoms with E-state index < -0.39 is 54.8 Å². The molecule has 12 heteroatoms. The average molecular weight is 473 g/mol. The topological polar surface area (TPSA) is 190 Å². The summed E-state index contributed by atoms with van der Waals surface area (Å²) in [4.78, 5) is 63.2. The van der Waals surface area contributed by atoms with E-state index in [0.29, 0.717) is 13.0 Å². The quantitative estimate of drug-likeness (QED) is 0.219. The molecule has 3 amide bonds. The normalized spacial score (nSPS) is 17.0. The number of carbonyl (C=O) groups excluding carboxylic acids is 3. The van der Waals surface area contributed by atoms with Crippen LogP contribution in [0.2, 0.25) is 0 Å². The molecular formula is C22H27N5O7. The van der Waals surface area contributed by atoms with Gasteiger partial charge in [-0.3, -0.25) is 24.0 Å². The molecule has 182 valence electrons. The van der Waals surface area contributed by atoms with Crippen molar-refractivity contribution >= 4 is 40.6 Å². The largest absolute Gasteiger partial charge is 0.481 e. The summed E-state index contributed by atoms with van der Waals surface area (Å²) in [5.41, 5.74) is 1.60. The van der Waals surface area contributed by atoms with Gasteiger partial charge in [0.1, 0.15) is 18.6 Å². The van der Waals surface area contributed by atoms with Crippen LogP contribution in [0.5, 0.6) is 0 Å². The summed E-state index contributed by atoms with van der Waals surface area (Å²) in [6, 6.07) is 4.35. The van der Waals surface area contributed by atoms with Gasteiger partial charge in [-0.15, -0.1) is 0 Å². The number of fused-ring (bicyclic) bond motifs is 1. The third-order valence-electron chi connectivity index (χ3n) is 5.53. The molecule has 1 aliphatic rings. The van der Waals surface area contributed by atoms with Crippen molar-refractivity contribution in [3.05, 3.63) is 36.0 Å². The number of hydrogen-bond acceptors (Lipinski definition) is 6. The van der Waals surface area contributed by atoms with Crippen LogP contribution in [0.15, 0.2) is 30.5 Å². The number of aromatic amines is 1. The second kappa shape index (κ2) is 11.3. The van der Waals surface area contributed by atoms with Gasteiger partial charge in [-0.2, -0.15) is 0 Å². The maximum Gasteiger partial charge on any atom is 0.322 e. The number of carboxylic acids is 2. The SMILES string of the molecule is O=C(O)CNC(=O)C(CC(=O)O)NC(=O)C(Cc1c[nH]c2ccccc12)NC(=O)C1CCCN1. The Hall–Kier alpha value is -3.93. The van der Waals surface area contributed by atoms with Crippen molar-refractivity contribution in [2.75, 3.05) is 13.1 Å². The Morgan fingerprint density at radius 3 is 2.44 bits per heavy atom. The Morgan fingerprint density at radius 2 is 1.76 bits per heavy atom. The van der Waals surface area contributed by atoms with Gasteiger partial charge < -0.3 is 36.5 Å². The first-order valence-corrected chi connectivity index (χ1v) is 10.8. The van der Waals surface area contributed by atoms with Crippen LogP contribution in [0, 0.1) is 0 Å². The predicted molar refractivity (Wildman–Crippen MR) is 120 cm³/mol. The average Bonchev–Trinajstić information content (AvgIpc) is 3.47. The monoisotopic (exact) mass is 473 g/mol. The molecule has 2 heterocycles. The van der Waals surface area contributed by atoms with Crippen molar-refractivity contribution in [2.45, 2.75) is 43.8 Å². The second-order valence-corrected chi connectivity index (χ2v) is 8.04. The minimum absolute atomic E-state index is 0.0881. The number of H-pyrrole nitrogens is 1. The first-order valence-electron chi connectivity index (χ1n) is 10.8. The standard InChI is InChI=1S/C22H27N5O7/c28-18(29)9-17(20(32)25-11-19(30)31)27-22(34)16(26-21(33)15-6-3-7-23-15)8-12-10-24-14-5-2-1-4-13(12)14/h1-2,4-5,10,15-17,23-24H,3,6-9,11H2,(H,25,32)(H,26,33)(H,27,34)(H,28,29)(H,30,31). The van der Waals surface area contributed by atoms with Crippen molar-refractivity contribution in [3.8, 4) is 0 Å². The van der Waals surface area contributed by atoms with Crippen LogP contribution in [-0.2, 0) is 30.4 Å². The minimum atomic E-state index is -1.52. The lowest BCUT2D eigenvalue weighted by Gasteiger charge is -2.23. The lowest BCUT2D eigenvalue weighted by molar-refractivity contribution is -0.141. The first-order chi connectivity index (χ1) is 16.2. The van der Waals surface area contributed by atoms with Gasteiger partial charge in [0, 0.05) is 23.5 Å². The van der Waals surface area contributed by atoms with Crippen molar-refractivity contribution in [1.82, 2.24) is 26.3 Å². The fourth-order valence-corrected chi connectivity index (χ4v) is 3.85. The van der Waals surface area contributed by atoms with E-state index in [1.165, 1.54) is 0 Å². The number of aromatic nitrogens is 1. The summed E-state index contributed by atoms with van der Waals surface area (Å²) in [6.45, 7) is -0.0461. The molecule has 12 nitrogen and oxygen atoms in total. The van der Waals surface area contributed by atoms with E-state index in [-0.39, 0.29) is 12.3 Å². The van der Waals surface area contributed by atoms with Gasteiger partial charge in [0.25, 0.3) is 0 Å². The second-order valence-electron chi connectivity index (χ2n) is 8.04. The van der Waals surface area contributed by atoms with Crippen LogP contribution < -0.4 is 21.3 Å². The van der Waals surface area contributed by atoms with Crippen LogP contribution in [0.3, 0.4) is 0 Å². The van der Waals surface area contributed by atoms with Gasteiger partial charge >= 0.3 is 11.9 Å². The van der Waals surface area contributed by atoms with Crippen molar-refractivity contribution in [1.29, 1.82) is 0 Å². The molecule has 3 rings (SSSR count). The van der Waals surface area contributed by atoms with E-state index in [9.17, 15) is 24.0 Å². The number of para-hydroxylation sites is 1. The molecule has 34 heavy (non-hydrogen) atoms. The number of benzene rings is 1. The lowest BCUT2D eigenvalue weighted by atomic mass is 10.0. The molecule has 1 aliphatic heterocycles. The summed E-state index contributed by atoms with van der Waals surface area (Å²) in [7, 11) is 0. The van der Waals surface area contributed by atoms with E-state index in [4.69, 9.17) is 10.2 Å². The number of rotatable bonds is 11. The summed E-state index contributed by atoms with van der Waals surface area (Å²) in [5, 5.41) is 28.9. The first kappa shape index (κ1) is 24.7. The molecule has 0 bridgehead atoms. The molecule has 1 fully saturated rings. The molecule has 1 aromatic heterocycles. The summed E-state index contributed by atoms with van der Waals surface area (Å²) < 4.78 is 0. The highest BCUT2D eigenvalue weighted by atomic mass is 16.4. The molecule has 3 atom stereocenters. The Balaban J connectivity index is 1.79. The van der Waals surface area contributed by atoms with Gasteiger partial charge in [0.05, 0.1) is 12.5 Å². The van der Waals surface area contributed by atoms with Crippen LogP contribution in [-0.4, -0.2) is 76.1 Å². The zero-order valence-corrected chi connectivity index (χ0v) is 18.3.